The van der Waals surface area contributed by atoms with Gasteiger partial charge in [-0.3, -0.25) is 9.59 Å². The maximum Gasteiger partial charge on any atom is 0.246 e. The highest BCUT2D eigenvalue weighted by atomic mass is 35.5. The third kappa shape index (κ3) is 3.51. The first kappa shape index (κ1) is 15.1. The van der Waals surface area contributed by atoms with Gasteiger partial charge in [0.05, 0.1) is 12.8 Å². The second-order valence-electron chi connectivity index (χ2n) is 4.10. The molecule has 1 saturated heterocycles. The Morgan fingerprint density at radius 2 is 2.26 bits per heavy atom. The Kier molecular flexibility index (Phi) is 5.00. The molecule has 1 aromatic carbocycles. The minimum Gasteiger partial charge on any atom is -0.495 e. The predicted molar refractivity (Wildman–Crippen MR) is 74.4 cm³/mol. The van der Waals surface area contributed by atoms with Crippen molar-refractivity contribution in [2.24, 2.45) is 0 Å². The second-order valence-corrected chi connectivity index (χ2v) is 4.10. The van der Waals surface area contributed by atoms with Gasteiger partial charge in [0, 0.05) is 12.1 Å². The van der Waals surface area contributed by atoms with Gasteiger partial charge in [-0.05, 0) is 24.6 Å². The lowest BCUT2D eigenvalue weighted by atomic mass is 10.2. The van der Waals surface area contributed by atoms with Crippen molar-refractivity contribution in [1.82, 2.24) is 5.32 Å². The number of halogens is 1. The van der Waals surface area contributed by atoms with E-state index in [1.165, 1.54) is 7.11 Å². The second kappa shape index (κ2) is 6.29. The van der Waals surface area contributed by atoms with Gasteiger partial charge in [0.15, 0.2) is 0 Å². The lowest BCUT2D eigenvalue weighted by Gasteiger charge is -2.12. The smallest absolute Gasteiger partial charge is 0.246 e. The molecule has 6 nitrogen and oxygen atoms in total. The number of anilines is 2. The normalized spacial score (nSPS) is 17.3. The van der Waals surface area contributed by atoms with Gasteiger partial charge in [-0.2, -0.15) is 0 Å². The molecule has 1 heterocycles. The number of amides is 2. The van der Waals surface area contributed by atoms with Crippen molar-refractivity contribution in [3.8, 4) is 5.75 Å². The molecule has 0 bridgehead atoms. The number of nitrogen functional groups attached to an aromatic ring is 1. The largest absolute Gasteiger partial charge is 0.495 e. The summed E-state index contributed by atoms with van der Waals surface area (Å²) in [6.45, 7) is 0. The topological polar surface area (TPSA) is 93.4 Å². The van der Waals surface area contributed by atoms with E-state index in [-0.39, 0.29) is 24.2 Å². The fraction of sp³-hybridized carbons (Fsp3) is 0.333. The summed E-state index contributed by atoms with van der Waals surface area (Å²) < 4.78 is 5.02. The Morgan fingerprint density at radius 3 is 2.79 bits per heavy atom. The maximum absolute atomic E-state index is 11.8. The predicted octanol–water partition coefficient (Wildman–Crippen LogP) is 0.916. The van der Waals surface area contributed by atoms with Gasteiger partial charge >= 0.3 is 0 Å². The van der Waals surface area contributed by atoms with Crippen LogP contribution in [0.15, 0.2) is 18.2 Å². The first-order chi connectivity index (χ1) is 8.60. The maximum atomic E-state index is 11.8. The Hall–Kier alpha value is -1.95. The summed E-state index contributed by atoms with van der Waals surface area (Å²) in [4.78, 5) is 22.8. The average Bonchev–Trinajstić information content (AvgIpc) is 2.76. The van der Waals surface area contributed by atoms with E-state index in [9.17, 15) is 9.59 Å². The zero-order valence-corrected chi connectivity index (χ0v) is 11.3. The molecular weight excluding hydrogens is 270 g/mol. The van der Waals surface area contributed by atoms with Crippen molar-refractivity contribution >= 4 is 35.6 Å². The molecule has 104 valence electrons. The highest BCUT2D eigenvalue weighted by molar-refractivity contribution is 5.99. The number of carbonyl (C=O) groups is 2. The number of benzene rings is 1. The number of nitrogens with one attached hydrogen (secondary N) is 2. The van der Waals surface area contributed by atoms with E-state index >= 15 is 0 Å². The fourth-order valence-electron chi connectivity index (χ4n) is 1.85. The van der Waals surface area contributed by atoms with Crippen molar-refractivity contribution in [2.45, 2.75) is 18.9 Å². The third-order valence-corrected chi connectivity index (χ3v) is 2.81. The van der Waals surface area contributed by atoms with Crippen LogP contribution in [0.4, 0.5) is 11.4 Å². The molecule has 0 spiro atoms. The molecule has 1 aromatic rings. The van der Waals surface area contributed by atoms with E-state index in [1.54, 1.807) is 18.2 Å². The molecule has 1 atom stereocenters. The summed E-state index contributed by atoms with van der Waals surface area (Å²) in [7, 11) is 1.53. The minimum atomic E-state index is -0.458. The van der Waals surface area contributed by atoms with Crippen molar-refractivity contribution in [3.05, 3.63) is 18.2 Å². The van der Waals surface area contributed by atoms with Gasteiger partial charge in [-0.1, -0.05) is 0 Å². The molecule has 2 amide bonds. The highest BCUT2D eigenvalue weighted by Crippen LogP contribution is 2.24. The van der Waals surface area contributed by atoms with Gasteiger partial charge in [0.25, 0.3) is 0 Å². The lowest BCUT2D eigenvalue weighted by Crippen LogP contribution is -2.37. The van der Waals surface area contributed by atoms with Crippen LogP contribution in [-0.2, 0) is 9.59 Å². The number of hydrogen-bond donors (Lipinski definition) is 3. The van der Waals surface area contributed by atoms with Gasteiger partial charge in [-0.25, -0.2) is 0 Å². The van der Waals surface area contributed by atoms with E-state index in [4.69, 9.17) is 10.5 Å². The standard InChI is InChI=1S/C12H15N3O3.ClH/c1-18-10-4-2-7(6-8(10)13)14-12(17)9-3-5-11(16)15-9;/h2,4,6,9H,3,5,13H2,1H3,(H,14,17)(H,15,16);1H/t9-;/m1./s1. The molecule has 0 radical (unpaired) electrons. The molecule has 4 N–H and O–H groups in total. The molecule has 1 aliphatic rings. The number of nitrogens with two attached hydrogens (primary N) is 1. The Labute approximate surface area is 117 Å². The van der Waals surface area contributed by atoms with Gasteiger partial charge in [0.1, 0.15) is 11.8 Å². The van der Waals surface area contributed by atoms with Crippen LogP contribution in [0.25, 0.3) is 0 Å². The van der Waals surface area contributed by atoms with Crippen molar-refractivity contribution in [3.63, 3.8) is 0 Å². The summed E-state index contributed by atoms with van der Waals surface area (Å²) in [6.07, 6.45) is 0.916. The molecule has 19 heavy (non-hydrogen) atoms. The zero-order chi connectivity index (χ0) is 13.1. The van der Waals surface area contributed by atoms with Crippen LogP contribution in [0, 0.1) is 0 Å². The van der Waals surface area contributed by atoms with Gasteiger partial charge in [0.2, 0.25) is 11.8 Å². The number of hydrogen-bond acceptors (Lipinski definition) is 4. The summed E-state index contributed by atoms with van der Waals surface area (Å²) in [5.74, 6) is 0.233. The molecule has 1 fully saturated rings. The van der Waals surface area contributed by atoms with E-state index in [1.807, 2.05) is 0 Å². The van der Waals surface area contributed by atoms with E-state index in [0.29, 0.717) is 30.0 Å². The van der Waals surface area contributed by atoms with Crippen molar-refractivity contribution < 1.29 is 14.3 Å². The molecule has 0 aliphatic carbocycles. The zero-order valence-electron chi connectivity index (χ0n) is 10.4. The number of carbonyl (C=O) groups excluding carboxylic acids is 2. The van der Waals surface area contributed by atoms with Crippen molar-refractivity contribution in [1.29, 1.82) is 0 Å². The monoisotopic (exact) mass is 285 g/mol. The van der Waals surface area contributed by atoms with Crippen LogP contribution in [0.2, 0.25) is 0 Å². The van der Waals surface area contributed by atoms with E-state index in [0.717, 1.165) is 0 Å². The number of ether oxygens (including phenoxy) is 1. The first-order valence-electron chi connectivity index (χ1n) is 5.64. The summed E-state index contributed by atoms with van der Waals surface area (Å²) in [5.41, 5.74) is 6.77. The van der Waals surface area contributed by atoms with E-state index in [2.05, 4.69) is 10.6 Å². The Morgan fingerprint density at radius 1 is 1.53 bits per heavy atom. The summed E-state index contributed by atoms with van der Waals surface area (Å²) in [5, 5.41) is 5.31. The number of methoxy groups -OCH3 is 1. The van der Waals surface area contributed by atoms with Crippen LogP contribution >= 0.6 is 12.4 Å². The van der Waals surface area contributed by atoms with Crippen LogP contribution in [0.3, 0.4) is 0 Å². The molecule has 0 unspecified atom stereocenters. The minimum absolute atomic E-state index is 0. The van der Waals surface area contributed by atoms with Crippen LogP contribution in [0.5, 0.6) is 5.75 Å². The first-order valence-corrected chi connectivity index (χ1v) is 5.64. The number of rotatable bonds is 3. The van der Waals surface area contributed by atoms with Crippen LogP contribution in [-0.4, -0.2) is 25.0 Å². The SMILES string of the molecule is COc1ccc(NC(=O)[C@H]2CCC(=O)N2)cc1N.Cl. The highest BCUT2D eigenvalue weighted by Gasteiger charge is 2.27. The summed E-state index contributed by atoms with van der Waals surface area (Å²) in [6, 6.07) is 4.54. The molecular formula is C12H16ClN3O3. The Balaban J connectivity index is 0.00000180. The average molecular weight is 286 g/mol. The van der Waals surface area contributed by atoms with Crippen LogP contribution < -0.4 is 21.1 Å². The third-order valence-electron chi connectivity index (χ3n) is 2.81. The Bertz CT molecular complexity index is 493. The van der Waals surface area contributed by atoms with Crippen molar-refractivity contribution in [2.75, 3.05) is 18.2 Å². The molecule has 1 aliphatic heterocycles. The molecule has 7 heteroatoms. The quantitative estimate of drug-likeness (QED) is 0.720. The van der Waals surface area contributed by atoms with E-state index < -0.39 is 6.04 Å². The fourth-order valence-corrected chi connectivity index (χ4v) is 1.85. The van der Waals surface area contributed by atoms with Crippen LogP contribution in [0.1, 0.15) is 12.8 Å². The molecule has 0 aromatic heterocycles. The van der Waals surface area contributed by atoms with Gasteiger partial charge in [-0.15, -0.1) is 12.4 Å². The molecule has 2 rings (SSSR count). The van der Waals surface area contributed by atoms with Gasteiger partial charge < -0.3 is 21.1 Å². The lowest BCUT2D eigenvalue weighted by molar-refractivity contribution is -0.122. The summed E-state index contributed by atoms with van der Waals surface area (Å²) >= 11 is 0. The molecule has 0 saturated carbocycles.